The van der Waals surface area contributed by atoms with Gasteiger partial charge in [0, 0.05) is 24.8 Å². The van der Waals surface area contributed by atoms with E-state index in [-0.39, 0.29) is 34.0 Å². The first-order valence-corrected chi connectivity index (χ1v) is 9.47. The van der Waals surface area contributed by atoms with E-state index in [4.69, 9.17) is 4.98 Å². The Kier molecular flexibility index (Phi) is 7.87. The lowest BCUT2D eigenvalue weighted by molar-refractivity contribution is 0.293. The number of likely N-dealkylation sites (N-methyl/N-ethyl adjacent to an activating group) is 1. The van der Waals surface area contributed by atoms with Gasteiger partial charge < -0.3 is 9.47 Å². The second-order valence-electron chi connectivity index (χ2n) is 6.83. The number of aryl methyl sites for hydroxylation is 1. The van der Waals surface area contributed by atoms with Crippen molar-refractivity contribution in [2.24, 2.45) is 0 Å². The van der Waals surface area contributed by atoms with Crippen molar-refractivity contribution in [1.29, 1.82) is 0 Å². The Balaban J connectivity index is 0.00000140. The predicted octanol–water partition coefficient (Wildman–Crippen LogP) is 5.76. The standard InChI is InChI=1S/C22H26N4.2BrH/c1-4-24(5-2)14-15-25-20-8-6-7-9-21(20)26-16-19(23-22(25)26)18-12-10-17(3)11-13-18;;/h6-13,16H,4-5,14-15H2,1-3H3;2*1H. The second kappa shape index (κ2) is 9.72. The van der Waals surface area contributed by atoms with Gasteiger partial charge in [-0.1, -0.05) is 55.8 Å². The molecule has 0 unspecified atom stereocenters. The van der Waals surface area contributed by atoms with Gasteiger partial charge in [-0.3, -0.25) is 4.40 Å². The van der Waals surface area contributed by atoms with Crippen molar-refractivity contribution in [3.8, 4) is 11.3 Å². The van der Waals surface area contributed by atoms with Crippen LogP contribution in [-0.4, -0.2) is 38.5 Å². The third kappa shape index (κ3) is 4.19. The normalized spacial score (nSPS) is 11.0. The van der Waals surface area contributed by atoms with Crippen molar-refractivity contribution in [3.05, 3.63) is 60.3 Å². The van der Waals surface area contributed by atoms with Gasteiger partial charge in [0.2, 0.25) is 5.78 Å². The number of hydrogen-bond donors (Lipinski definition) is 0. The van der Waals surface area contributed by atoms with Crippen molar-refractivity contribution >= 4 is 50.8 Å². The fourth-order valence-corrected chi connectivity index (χ4v) is 3.61. The number of rotatable bonds is 6. The molecule has 0 saturated heterocycles. The number of para-hydroxylation sites is 2. The summed E-state index contributed by atoms with van der Waals surface area (Å²) in [5.74, 6) is 1.02. The maximum Gasteiger partial charge on any atom is 0.215 e. The van der Waals surface area contributed by atoms with Crippen LogP contribution in [0.25, 0.3) is 28.1 Å². The average molecular weight is 508 g/mol. The minimum Gasteiger partial charge on any atom is -0.308 e. The fraction of sp³-hybridized carbons (Fsp3) is 0.318. The Hall–Kier alpha value is -1.63. The number of halogens is 2. The molecule has 0 N–H and O–H groups in total. The molecule has 0 aliphatic rings. The van der Waals surface area contributed by atoms with Gasteiger partial charge in [0.25, 0.3) is 0 Å². The third-order valence-electron chi connectivity index (χ3n) is 5.24. The van der Waals surface area contributed by atoms with E-state index in [1.165, 1.54) is 22.2 Å². The molecule has 0 fully saturated rings. The highest BCUT2D eigenvalue weighted by atomic mass is 79.9. The van der Waals surface area contributed by atoms with Crippen LogP contribution in [0, 0.1) is 6.92 Å². The van der Waals surface area contributed by atoms with E-state index in [0.717, 1.165) is 37.7 Å². The summed E-state index contributed by atoms with van der Waals surface area (Å²) in [5.41, 5.74) is 5.93. The molecule has 4 nitrogen and oxygen atoms in total. The van der Waals surface area contributed by atoms with Crippen LogP contribution in [0.4, 0.5) is 0 Å². The molecule has 0 aliphatic carbocycles. The first-order valence-electron chi connectivity index (χ1n) is 9.47. The van der Waals surface area contributed by atoms with Crippen LogP contribution in [0.2, 0.25) is 0 Å². The van der Waals surface area contributed by atoms with Gasteiger partial charge in [-0.15, -0.1) is 34.0 Å². The molecule has 2 heterocycles. The summed E-state index contributed by atoms with van der Waals surface area (Å²) in [6, 6.07) is 17.2. The van der Waals surface area contributed by atoms with Crippen LogP contribution in [0.1, 0.15) is 19.4 Å². The highest BCUT2D eigenvalue weighted by molar-refractivity contribution is 8.93. The molecule has 0 bridgehead atoms. The number of fused-ring (bicyclic) bond motifs is 3. The molecule has 0 radical (unpaired) electrons. The number of hydrogen-bond acceptors (Lipinski definition) is 2. The number of aromatic nitrogens is 3. The molecule has 0 amide bonds. The van der Waals surface area contributed by atoms with E-state index < -0.39 is 0 Å². The fourth-order valence-electron chi connectivity index (χ4n) is 3.61. The lowest BCUT2D eigenvalue weighted by Crippen LogP contribution is -2.27. The molecule has 4 rings (SSSR count). The molecular formula is C22H28Br2N4. The molecule has 0 spiro atoms. The molecular weight excluding hydrogens is 480 g/mol. The lowest BCUT2D eigenvalue weighted by Gasteiger charge is -2.18. The lowest BCUT2D eigenvalue weighted by atomic mass is 10.1. The Morgan fingerprint density at radius 1 is 0.893 bits per heavy atom. The highest BCUT2D eigenvalue weighted by Crippen LogP contribution is 2.25. The number of nitrogens with zero attached hydrogens (tertiary/aromatic N) is 4. The number of benzene rings is 2. The maximum absolute atomic E-state index is 4.99. The second-order valence-corrected chi connectivity index (χ2v) is 6.83. The summed E-state index contributed by atoms with van der Waals surface area (Å²) in [6.07, 6.45) is 2.16. The van der Waals surface area contributed by atoms with Crippen LogP contribution >= 0.6 is 34.0 Å². The van der Waals surface area contributed by atoms with Gasteiger partial charge in [0.1, 0.15) is 0 Å². The summed E-state index contributed by atoms with van der Waals surface area (Å²) < 4.78 is 4.58. The summed E-state index contributed by atoms with van der Waals surface area (Å²) in [6.45, 7) is 10.7. The first kappa shape index (κ1) is 22.7. The zero-order valence-electron chi connectivity index (χ0n) is 16.6. The molecule has 28 heavy (non-hydrogen) atoms. The topological polar surface area (TPSA) is 25.5 Å². The van der Waals surface area contributed by atoms with Gasteiger partial charge in [-0.05, 0) is 32.1 Å². The smallest absolute Gasteiger partial charge is 0.215 e. The van der Waals surface area contributed by atoms with E-state index >= 15 is 0 Å². The molecule has 6 heteroatoms. The molecule has 0 atom stereocenters. The van der Waals surface area contributed by atoms with E-state index in [0.29, 0.717) is 0 Å². The SMILES string of the molecule is Br.Br.CCN(CC)CCn1c2ccccc2n2cc(-c3ccc(C)cc3)nc12. The molecule has 4 aromatic rings. The van der Waals surface area contributed by atoms with Crippen LogP contribution in [0.3, 0.4) is 0 Å². The Morgan fingerprint density at radius 2 is 1.54 bits per heavy atom. The van der Waals surface area contributed by atoms with Gasteiger partial charge >= 0.3 is 0 Å². The summed E-state index contributed by atoms with van der Waals surface area (Å²) in [4.78, 5) is 7.44. The summed E-state index contributed by atoms with van der Waals surface area (Å²) in [5, 5.41) is 0. The van der Waals surface area contributed by atoms with Crippen molar-refractivity contribution < 1.29 is 0 Å². The third-order valence-corrected chi connectivity index (χ3v) is 5.24. The van der Waals surface area contributed by atoms with Crippen LogP contribution in [-0.2, 0) is 6.54 Å². The van der Waals surface area contributed by atoms with Crippen molar-refractivity contribution in [3.63, 3.8) is 0 Å². The van der Waals surface area contributed by atoms with Crippen molar-refractivity contribution in [1.82, 2.24) is 18.9 Å². The van der Waals surface area contributed by atoms with Gasteiger partial charge in [-0.25, -0.2) is 4.98 Å². The van der Waals surface area contributed by atoms with Gasteiger partial charge in [0.15, 0.2) is 0 Å². The van der Waals surface area contributed by atoms with E-state index in [9.17, 15) is 0 Å². The largest absolute Gasteiger partial charge is 0.308 e. The van der Waals surface area contributed by atoms with Crippen molar-refractivity contribution in [2.45, 2.75) is 27.3 Å². The van der Waals surface area contributed by atoms with Crippen LogP contribution in [0.15, 0.2) is 54.7 Å². The minimum atomic E-state index is 0. The molecule has 2 aromatic carbocycles. The Bertz CT molecular complexity index is 1030. The average Bonchev–Trinajstić information content (AvgIpc) is 3.22. The van der Waals surface area contributed by atoms with Gasteiger partial charge in [0.05, 0.1) is 16.7 Å². The molecule has 0 aliphatic heterocycles. The quantitative estimate of drug-likeness (QED) is 0.331. The predicted molar refractivity (Wildman–Crippen MR) is 129 cm³/mol. The Labute approximate surface area is 187 Å². The monoisotopic (exact) mass is 506 g/mol. The zero-order valence-corrected chi connectivity index (χ0v) is 20.1. The zero-order chi connectivity index (χ0) is 18.1. The number of imidazole rings is 2. The molecule has 0 saturated carbocycles. The first-order chi connectivity index (χ1) is 12.7. The maximum atomic E-state index is 4.99. The summed E-state index contributed by atoms with van der Waals surface area (Å²) >= 11 is 0. The van der Waals surface area contributed by atoms with Crippen LogP contribution in [0.5, 0.6) is 0 Å². The summed E-state index contributed by atoms with van der Waals surface area (Å²) in [7, 11) is 0. The Morgan fingerprint density at radius 3 is 2.18 bits per heavy atom. The van der Waals surface area contributed by atoms with Crippen LogP contribution < -0.4 is 0 Å². The van der Waals surface area contributed by atoms with E-state index in [1.54, 1.807) is 0 Å². The van der Waals surface area contributed by atoms with Gasteiger partial charge in [-0.2, -0.15) is 0 Å². The molecule has 2 aromatic heterocycles. The minimum absolute atomic E-state index is 0. The van der Waals surface area contributed by atoms with E-state index in [2.05, 4.69) is 89.4 Å². The highest BCUT2D eigenvalue weighted by Gasteiger charge is 2.15. The van der Waals surface area contributed by atoms with E-state index in [1.807, 2.05) is 0 Å². The molecule has 150 valence electrons. The van der Waals surface area contributed by atoms with Crippen molar-refractivity contribution in [2.75, 3.05) is 19.6 Å².